The Morgan fingerprint density at radius 1 is 1.15 bits per heavy atom. The number of benzene rings is 2. The molecule has 2 aliphatic heterocycles. The first kappa shape index (κ1) is 22.8. The SMILES string of the molecule is Cc1ccc(Cl)c(OC2CC3CCC(C2)N3C(=O)c2ccc(CSc3nc(C)cs3)cc2)c1. The Hall–Kier alpha value is -2.02. The monoisotopic (exact) mass is 498 g/mol. The molecule has 5 rings (SSSR count). The highest BCUT2D eigenvalue weighted by atomic mass is 35.5. The maximum atomic E-state index is 13.4. The summed E-state index contributed by atoms with van der Waals surface area (Å²) in [7, 11) is 0. The smallest absolute Gasteiger partial charge is 0.254 e. The molecule has 0 spiro atoms. The molecule has 4 nitrogen and oxygen atoms in total. The van der Waals surface area contributed by atoms with Gasteiger partial charge in [-0.3, -0.25) is 4.79 Å². The van der Waals surface area contributed by atoms with E-state index in [1.807, 2.05) is 44.2 Å². The van der Waals surface area contributed by atoms with E-state index in [4.69, 9.17) is 16.3 Å². The molecule has 0 radical (unpaired) electrons. The van der Waals surface area contributed by atoms with Gasteiger partial charge in [0.2, 0.25) is 0 Å². The van der Waals surface area contributed by atoms with Gasteiger partial charge in [-0.15, -0.1) is 11.3 Å². The van der Waals surface area contributed by atoms with Crippen molar-refractivity contribution in [3.8, 4) is 5.75 Å². The van der Waals surface area contributed by atoms with Gasteiger partial charge in [-0.2, -0.15) is 0 Å². The predicted octanol–water partition coefficient (Wildman–Crippen LogP) is 6.92. The van der Waals surface area contributed by atoms with Crippen molar-refractivity contribution in [2.45, 2.75) is 67.8 Å². The van der Waals surface area contributed by atoms with Gasteiger partial charge >= 0.3 is 0 Å². The molecule has 2 aliphatic rings. The van der Waals surface area contributed by atoms with Gasteiger partial charge in [0.25, 0.3) is 5.91 Å². The number of thiazole rings is 1. The van der Waals surface area contributed by atoms with Crippen LogP contribution in [0, 0.1) is 13.8 Å². The van der Waals surface area contributed by atoms with Crippen LogP contribution in [0.25, 0.3) is 0 Å². The van der Waals surface area contributed by atoms with E-state index in [0.717, 1.165) is 58.3 Å². The number of carbonyl (C=O) groups excluding carboxylic acids is 1. The van der Waals surface area contributed by atoms with E-state index >= 15 is 0 Å². The molecule has 0 N–H and O–H groups in total. The highest BCUT2D eigenvalue weighted by Crippen LogP contribution is 2.39. The lowest BCUT2D eigenvalue weighted by atomic mass is 9.98. The number of thioether (sulfide) groups is 1. The summed E-state index contributed by atoms with van der Waals surface area (Å²) in [6.45, 7) is 4.05. The van der Waals surface area contributed by atoms with Crippen LogP contribution in [-0.4, -0.2) is 34.0 Å². The molecular weight excluding hydrogens is 472 g/mol. The van der Waals surface area contributed by atoms with Crippen molar-refractivity contribution in [3.63, 3.8) is 0 Å². The topological polar surface area (TPSA) is 42.4 Å². The Labute approximate surface area is 208 Å². The average Bonchev–Trinajstić information content (AvgIpc) is 3.34. The summed E-state index contributed by atoms with van der Waals surface area (Å²) in [6, 6.07) is 14.4. The Morgan fingerprint density at radius 2 is 1.88 bits per heavy atom. The van der Waals surface area contributed by atoms with Crippen molar-refractivity contribution in [2.24, 2.45) is 0 Å². The number of ether oxygens (including phenoxy) is 1. The van der Waals surface area contributed by atoms with Crippen LogP contribution < -0.4 is 4.74 Å². The highest BCUT2D eigenvalue weighted by Gasteiger charge is 2.44. The maximum Gasteiger partial charge on any atom is 0.254 e. The molecular formula is C26H27ClN2O2S2. The largest absolute Gasteiger partial charge is 0.489 e. The van der Waals surface area contributed by atoms with E-state index in [1.54, 1.807) is 23.1 Å². The standard InChI is InChI=1S/C26H27ClN2O2S2/c1-16-3-10-23(27)24(11-16)31-22-12-20-8-9-21(13-22)29(20)25(30)19-6-4-18(5-7-19)15-33-26-28-17(2)14-32-26/h3-7,10-11,14,20-22H,8-9,12-13,15H2,1-2H3. The molecule has 7 heteroatoms. The maximum absolute atomic E-state index is 13.4. The number of carbonyl (C=O) groups is 1. The summed E-state index contributed by atoms with van der Waals surface area (Å²) < 4.78 is 7.37. The molecule has 0 saturated carbocycles. The highest BCUT2D eigenvalue weighted by molar-refractivity contribution is 8.00. The van der Waals surface area contributed by atoms with Crippen LogP contribution in [0.1, 0.15) is 52.9 Å². The lowest BCUT2D eigenvalue weighted by molar-refractivity contribution is 0.0359. The van der Waals surface area contributed by atoms with Crippen LogP contribution in [0.4, 0.5) is 0 Å². The molecule has 33 heavy (non-hydrogen) atoms. The van der Waals surface area contributed by atoms with Gasteiger partial charge in [0, 0.05) is 47.3 Å². The molecule has 2 unspecified atom stereocenters. The van der Waals surface area contributed by atoms with Crippen LogP contribution in [0.2, 0.25) is 5.02 Å². The molecule has 3 heterocycles. The first-order valence-electron chi connectivity index (χ1n) is 11.4. The summed E-state index contributed by atoms with van der Waals surface area (Å²) in [5, 5.41) is 2.72. The average molecular weight is 499 g/mol. The Bertz CT molecular complexity index is 1130. The van der Waals surface area contributed by atoms with Crippen molar-refractivity contribution in [1.82, 2.24) is 9.88 Å². The molecule has 2 atom stereocenters. The molecule has 2 bridgehead atoms. The molecule has 1 aromatic heterocycles. The minimum Gasteiger partial charge on any atom is -0.489 e. The predicted molar refractivity (Wildman–Crippen MR) is 136 cm³/mol. The Morgan fingerprint density at radius 3 is 2.55 bits per heavy atom. The van der Waals surface area contributed by atoms with Crippen molar-refractivity contribution >= 4 is 40.6 Å². The van der Waals surface area contributed by atoms with Gasteiger partial charge in [-0.1, -0.05) is 41.6 Å². The third kappa shape index (κ3) is 5.08. The van der Waals surface area contributed by atoms with Gasteiger partial charge in [-0.25, -0.2) is 4.98 Å². The number of halogens is 1. The van der Waals surface area contributed by atoms with Crippen molar-refractivity contribution in [3.05, 3.63) is 75.3 Å². The number of hydrogen-bond donors (Lipinski definition) is 0. The minimum absolute atomic E-state index is 0.0970. The zero-order valence-corrected chi connectivity index (χ0v) is 21.2. The van der Waals surface area contributed by atoms with Crippen molar-refractivity contribution in [2.75, 3.05) is 0 Å². The van der Waals surface area contributed by atoms with Gasteiger partial charge < -0.3 is 9.64 Å². The molecule has 2 aromatic carbocycles. The normalized spacial score (nSPS) is 21.9. The van der Waals surface area contributed by atoms with E-state index in [-0.39, 0.29) is 24.1 Å². The molecule has 2 fully saturated rings. The Kier molecular flexibility index (Phi) is 6.68. The molecule has 3 aromatic rings. The van der Waals surface area contributed by atoms with Gasteiger partial charge in [0.15, 0.2) is 0 Å². The summed E-state index contributed by atoms with van der Waals surface area (Å²) in [4.78, 5) is 20.0. The first-order valence-corrected chi connectivity index (χ1v) is 13.6. The summed E-state index contributed by atoms with van der Waals surface area (Å²) in [5.74, 6) is 1.75. The van der Waals surface area contributed by atoms with Crippen LogP contribution in [0.15, 0.2) is 52.2 Å². The van der Waals surface area contributed by atoms with Crippen LogP contribution in [-0.2, 0) is 5.75 Å². The van der Waals surface area contributed by atoms with Gasteiger partial charge in [-0.05, 0) is 62.1 Å². The second-order valence-electron chi connectivity index (χ2n) is 8.98. The fraction of sp³-hybridized carbons (Fsp3) is 0.385. The second kappa shape index (κ2) is 9.69. The molecule has 1 amide bonds. The molecule has 172 valence electrons. The number of hydrogen-bond acceptors (Lipinski definition) is 5. The third-order valence-electron chi connectivity index (χ3n) is 6.47. The van der Waals surface area contributed by atoms with E-state index in [0.29, 0.717) is 5.02 Å². The molecule has 2 saturated heterocycles. The first-order chi connectivity index (χ1) is 16.0. The lowest BCUT2D eigenvalue weighted by Gasteiger charge is -2.39. The fourth-order valence-electron chi connectivity index (χ4n) is 4.87. The molecule has 0 aliphatic carbocycles. The van der Waals surface area contributed by atoms with Crippen LogP contribution in [0.5, 0.6) is 5.75 Å². The Balaban J connectivity index is 1.21. The van der Waals surface area contributed by atoms with E-state index in [9.17, 15) is 4.79 Å². The number of aromatic nitrogens is 1. The number of fused-ring (bicyclic) bond motifs is 2. The van der Waals surface area contributed by atoms with E-state index < -0.39 is 0 Å². The second-order valence-corrected chi connectivity index (χ2v) is 11.5. The zero-order valence-electron chi connectivity index (χ0n) is 18.8. The summed E-state index contributed by atoms with van der Waals surface area (Å²) in [6.07, 6.45) is 3.89. The lowest BCUT2D eigenvalue weighted by Crippen LogP contribution is -2.49. The zero-order chi connectivity index (χ0) is 22.9. The number of rotatable bonds is 6. The van der Waals surface area contributed by atoms with Crippen LogP contribution in [0.3, 0.4) is 0 Å². The number of amides is 1. The number of nitrogens with zero attached hydrogens (tertiary/aromatic N) is 2. The van der Waals surface area contributed by atoms with E-state index in [2.05, 4.69) is 27.4 Å². The van der Waals surface area contributed by atoms with Crippen molar-refractivity contribution < 1.29 is 9.53 Å². The third-order valence-corrected chi connectivity index (χ3v) is 8.99. The van der Waals surface area contributed by atoms with E-state index in [1.165, 1.54) is 5.56 Å². The minimum atomic E-state index is 0.0970. The van der Waals surface area contributed by atoms with Crippen LogP contribution >= 0.6 is 34.7 Å². The van der Waals surface area contributed by atoms with Gasteiger partial charge in [0.1, 0.15) is 16.2 Å². The summed E-state index contributed by atoms with van der Waals surface area (Å²) in [5.41, 5.74) is 4.17. The number of aryl methyl sites for hydroxylation is 2. The van der Waals surface area contributed by atoms with Gasteiger partial charge in [0.05, 0.1) is 5.02 Å². The van der Waals surface area contributed by atoms with Crippen molar-refractivity contribution in [1.29, 1.82) is 0 Å². The fourth-order valence-corrected chi connectivity index (χ4v) is 6.84. The number of piperidine rings is 1. The quantitative estimate of drug-likeness (QED) is 0.346. The summed E-state index contributed by atoms with van der Waals surface area (Å²) >= 11 is 9.76.